The number of aryl methyl sites for hydroxylation is 1. The highest BCUT2D eigenvalue weighted by Gasteiger charge is 2.08. The van der Waals surface area contributed by atoms with Crippen LogP contribution in [0.1, 0.15) is 36.9 Å². The van der Waals surface area contributed by atoms with Gasteiger partial charge in [-0.3, -0.25) is 4.79 Å². The summed E-state index contributed by atoms with van der Waals surface area (Å²) in [4.78, 5) is 11.1. The third kappa shape index (κ3) is 4.37. The average molecular weight is 250 g/mol. The van der Waals surface area contributed by atoms with Gasteiger partial charge in [0.15, 0.2) is 0 Å². The van der Waals surface area contributed by atoms with E-state index in [4.69, 9.17) is 10.5 Å². The molecule has 0 saturated heterocycles. The highest BCUT2D eigenvalue weighted by atomic mass is 16.5. The predicted molar refractivity (Wildman–Crippen MR) is 72.6 cm³/mol. The molecule has 0 aliphatic rings. The highest BCUT2D eigenvalue weighted by molar-refractivity contribution is 5.75. The van der Waals surface area contributed by atoms with Gasteiger partial charge >= 0.3 is 0 Å². The van der Waals surface area contributed by atoms with Crippen LogP contribution in [0.5, 0.6) is 5.75 Å². The van der Waals surface area contributed by atoms with Gasteiger partial charge in [0, 0.05) is 25.1 Å². The molecule has 1 atom stereocenters. The molecule has 0 aromatic heterocycles. The number of nitrogens with one attached hydrogen (secondary N) is 1. The third-order valence-corrected chi connectivity index (χ3v) is 2.74. The number of nitrogens with two attached hydrogens (primary N) is 1. The van der Waals surface area contributed by atoms with Crippen LogP contribution < -0.4 is 15.8 Å². The zero-order chi connectivity index (χ0) is 13.5. The normalized spacial score (nSPS) is 12.0. The minimum Gasteiger partial charge on any atom is -0.493 e. The molecule has 0 spiro atoms. The molecule has 0 saturated carbocycles. The molecule has 1 aromatic rings. The number of amides is 1. The number of hydrogen-bond donors (Lipinski definition) is 2. The van der Waals surface area contributed by atoms with E-state index in [9.17, 15) is 4.79 Å². The molecule has 1 rings (SSSR count). The lowest BCUT2D eigenvalue weighted by molar-refractivity contribution is -0.120. The maximum Gasteiger partial charge on any atom is 0.219 e. The second kappa shape index (κ2) is 7.01. The van der Waals surface area contributed by atoms with Gasteiger partial charge in [-0.05, 0) is 31.9 Å². The van der Waals surface area contributed by atoms with Gasteiger partial charge in [0.2, 0.25) is 5.91 Å². The van der Waals surface area contributed by atoms with E-state index in [0.717, 1.165) is 16.9 Å². The number of ether oxygens (including phenoxy) is 1. The Kier molecular flexibility index (Phi) is 5.65. The zero-order valence-corrected chi connectivity index (χ0v) is 11.3. The van der Waals surface area contributed by atoms with Crippen LogP contribution in [0.25, 0.3) is 0 Å². The molecule has 4 heteroatoms. The molecular weight excluding hydrogens is 228 g/mol. The molecule has 18 heavy (non-hydrogen) atoms. The molecule has 3 N–H and O–H groups in total. The maximum atomic E-state index is 11.1. The first kappa shape index (κ1) is 14.5. The van der Waals surface area contributed by atoms with E-state index >= 15 is 0 Å². The Bertz CT molecular complexity index is 403. The number of carbonyl (C=O) groups excluding carboxylic acids is 1. The molecular formula is C14H22N2O2. The summed E-state index contributed by atoms with van der Waals surface area (Å²) in [5.74, 6) is 0.858. The molecule has 100 valence electrons. The standard InChI is InChI=1S/C14H22N2O2/c1-10-6-7-12(11(2)15)13(9-10)18-8-4-5-14(17)16-3/h6-7,9,11H,4-5,8,15H2,1-3H3,(H,16,17)/t11-/m0/s1. The van der Waals surface area contributed by atoms with Crippen molar-refractivity contribution < 1.29 is 9.53 Å². The van der Waals surface area contributed by atoms with E-state index in [-0.39, 0.29) is 11.9 Å². The van der Waals surface area contributed by atoms with Crippen LogP contribution in [0.2, 0.25) is 0 Å². The van der Waals surface area contributed by atoms with Crippen LogP contribution >= 0.6 is 0 Å². The summed E-state index contributed by atoms with van der Waals surface area (Å²) in [5.41, 5.74) is 8.03. The fraction of sp³-hybridized carbons (Fsp3) is 0.500. The Labute approximate surface area is 109 Å². The Morgan fingerprint density at radius 1 is 1.50 bits per heavy atom. The van der Waals surface area contributed by atoms with Gasteiger partial charge in [-0.15, -0.1) is 0 Å². The molecule has 1 amide bonds. The fourth-order valence-corrected chi connectivity index (χ4v) is 1.68. The van der Waals surface area contributed by atoms with Gasteiger partial charge < -0.3 is 15.8 Å². The summed E-state index contributed by atoms with van der Waals surface area (Å²) in [6.45, 7) is 4.47. The van der Waals surface area contributed by atoms with Crippen LogP contribution in [0, 0.1) is 6.92 Å². The topological polar surface area (TPSA) is 64.3 Å². The summed E-state index contributed by atoms with van der Waals surface area (Å²) in [7, 11) is 1.64. The van der Waals surface area contributed by atoms with Crippen molar-refractivity contribution in [1.82, 2.24) is 5.32 Å². The van der Waals surface area contributed by atoms with Crippen molar-refractivity contribution in [2.45, 2.75) is 32.7 Å². The summed E-state index contributed by atoms with van der Waals surface area (Å²) in [5, 5.41) is 2.59. The Hall–Kier alpha value is -1.55. The van der Waals surface area contributed by atoms with Crippen LogP contribution in [0.4, 0.5) is 0 Å². The van der Waals surface area contributed by atoms with E-state index < -0.39 is 0 Å². The Morgan fingerprint density at radius 3 is 2.83 bits per heavy atom. The smallest absolute Gasteiger partial charge is 0.219 e. The van der Waals surface area contributed by atoms with Crippen molar-refractivity contribution in [1.29, 1.82) is 0 Å². The van der Waals surface area contributed by atoms with Gasteiger partial charge in [0.05, 0.1) is 6.61 Å². The lowest BCUT2D eigenvalue weighted by Crippen LogP contribution is -2.18. The second-order valence-electron chi connectivity index (χ2n) is 4.46. The first-order chi connectivity index (χ1) is 8.54. The molecule has 0 heterocycles. The van der Waals surface area contributed by atoms with E-state index in [1.807, 2.05) is 32.0 Å². The monoisotopic (exact) mass is 250 g/mol. The van der Waals surface area contributed by atoms with E-state index in [0.29, 0.717) is 19.4 Å². The van der Waals surface area contributed by atoms with E-state index in [2.05, 4.69) is 5.32 Å². The maximum absolute atomic E-state index is 11.1. The zero-order valence-electron chi connectivity index (χ0n) is 11.3. The van der Waals surface area contributed by atoms with Gasteiger partial charge in [0.25, 0.3) is 0 Å². The third-order valence-electron chi connectivity index (χ3n) is 2.74. The predicted octanol–water partition coefficient (Wildman–Crippen LogP) is 1.92. The average Bonchev–Trinajstić information content (AvgIpc) is 2.34. The largest absolute Gasteiger partial charge is 0.493 e. The number of hydrogen-bond acceptors (Lipinski definition) is 3. The first-order valence-electron chi connectivity index (χ1n) is 6.24. The number of rotatable bonds is 6. The lowest BCUT2D eigenvalue weighted by Gasteiger charge is -2.14. The minimum absolute atomic E-state index is 0.0373. The summed E-state index contributed by atoms with van der Waals surface area (Å²) < 4.78 is 5.71. The van der Waals surface area contributed by atoms with Gasteiger partial charge in [-0.25, -0.2) is 0 Å². The van der Waals surface area contributed by atoms with Crippen molar-refractivity contribution in [3.05, 3.63) is 29.3 Å². The SMILES string of the molecule is CNC(=O)CCCOc1cc(C)ccc1[C@H](C)N. The van der Waals surface area contributed by atoms with Crippen molar-refractivity contribution >= 4 is 5.91 Å². The van der Waals surface area contributed by atoms with Crippen LogP contribution in [0.15, 0.2) is 18.2 Å². The quantitative estimate of drug-likeness (QED) is 0.758. The molecule has 0 bridgehead atoms. The van der Waals surface area contributed by atoms with E-state index in [1.54, 1.807) is 7.05 Å². The second-order valence-corrected chi connectivity index (χ2v) is 4.46. The molecule has 4 nitrogen and oxygen atoms in total. The van der Waals surface area contributed by atoms with Crippen molar-refractivity contribution in [3.63, 3.8) is 0 Å². The molecule has 0 aliphatic carbocycles. The Balaban J connectivity index is 2.55. The minimum atomic E-state index is -0.0560. The molecule has 0 aliphatic heterocycles. The Morgan fingerprint density at radius 2 is 2.22 bits per heavy atom. The van der Waals surface area contributed by atoms with E-state index in [1.165, 1.54) is 0 Å². The van der Waals surface area contributed by atoms with Gasteiger partial charge in [-0.1, -0.05) is 12.1 Å². The van der Waals surface area contributed by atoms with Crippen LogP contribution in [-0.4, -0.2) is 19.6 Å². The van der Waals surface area contributed by atoms with Crippen molar-refractivity contribution in [3.8, 4) is 5.75 Å². The lowest BCUT2D eigenvalue weighted by atomic mass is 10.1. The number of benzene rings is 1. The van der Waals surface area contributed by atoms with Gasteiger partial charge in [-0.2, -0.15) is 0 Å². The van der Waals surface area contributed by atoms with Crippen LogP contribution in [0.3, 0.4) is 0 Å². The first-order valence-corrected chi connectivity index (χ1v) is 6.24. The number of carbonyl (C=O) groups is 1. The summed E-state index contributed by atoms with van der Waals surface area (Å²) in [6, 6.07) is 5.95. The molecule has 0 fully saturated rings. The summed E-state index contributed by atoms with van der Waals surface area (Å²) >= 11 is 0. The van der Waals surface area contributed by atoms with Crippen molar-refractivity contribution in [2.24, 2.45) is 5.73 Å². The van der Waals surface area contributed by atoms with Crippen molar-refractivity contribution in [2.75, 3.05) is 13.7 Å². The highest BCUT2D eigenvalue weighted by Crippen LogP contribution is 2.25. The summed E-state index contributed by atoms with van der Waals surface area (Å²) in [6.07, 6.45) is 1.18. The molecule has 1 aromatic carbocycles. The molecule has 0 unspecified atom stereocenters. The van der Waals surface area contributed by atoms with Crippen LogP contribution in [-0.2, 0) is 4.79 Å². The fourth-order valence-electron chi connectivity index (χ4n) is 1.68. The molecule has 0 radical (unpaired) electrons. The van der Waals surface area contributed by atoms with Gasteiger partial charge in [0.1, 0.15) is 5.75 Å².